The number of fused-ring (bicyclic) bond motifs is 2. The highest BCUT2D eigenvalue weighted by Crippen LogP contribution is 2.25. The molecule has 2 heteroatoms. The molecule has 0 bridgehead atoms. The number of rotatable bonds is 0. The van der Waals surface area contributed by atoms with Crippen LogP contribution >= 0.6 is 11.6 Å². The molecular formula is C16H11ClO. The van der Waals surface area contributed by atoms with E-state index in [0.717, 1.165) is 16.0 Å². The number of carbonyl (C=O) groups is 1. The molecule has 0 saturated heterocycles. The predicted molar refractivity (Wildman–Crippen MR) is 74.3 cm³/mol. The zero-order valence-corrected chi connectivity index (χ0v) is 10.4. The lowest BCUT2D eigenvalue weighted by Crippen LogP contribution is -2.28. The van der Waals surface area contributed by atoms with Crippen LogP contribution in [0, 0.1) is 5.92 Å². The minimum Gasteiger partial charge on any atom is -0.294 e. The monoisotopic (exact) mass is 254 g/mol. The lowest BCUT2D eigenvalue weighted by atomic mass is 9.88. The van der Waals surface area contributed by atoms with Crippen LogP contribution in [-0.2, 0) is 4.79 Å². The second kappa shape index (κ2) is 4.43. The summed E-state index contributed by atoms with van der Waals surface area (Å²) < 4.78 is 0. The van der Waals surface area contributed by atoms with Crippen molar-refractivity contribution >= 4 is 29.5 Å². The van der Waals surface area contributed by atoms with Crippen molar-refractivity contribution in [2.45, 2.75) is 0 Å². The minimum absolute atomic E-state index is 0.0958. The Hall–Kier alpha value is -1.86. The van der Waals surface area contributed by atoms with Gasteiger partial charge in [-0.05, 0) is 34.2 Å². The minimum atomic E-state index is -0.211. The molecule has 1 nitrogen and oxygen atoms in total. The number of ketones is 1. The normalized spacial score (nSPS) is 21.4. The summed E-state index contributed by atoms with van der Waals surface area (Å²) in [5.41, 5.74) is 0.943. The maximum Gasteiger partial charge on any atom is 0.167 e. The molecule has 88 valence electrons. The van der Waals surface area contributed by atoms with Crippen molar-refractivity contribution in [3.05, 3.63) is 69.6 Å². The summed E-state index contributed by atoms with van der Waals surface area (Å²) in [4.78, 5) is 12.2. The lowest BCUT2D eigenvalue weighted by Gasteiger charge is -2.16. The molecule has 3 rings (SSSR count). The van der Waals surface area contributed by atoms with Crippen LogP contribution in [0.15, 0.2) is 59.2 Å². The van der Waals surface area contributed by atoms with E-state index in [-0.39, 0.29) is 11.7 Å². The molecule has 0 N–H and O–H groups in total. The molecule has 1 atom stereocenters. The highest BCUT2D eigenvalue weighted by atomic mass is 35.5. The van der Waals surface area contributed by atoms with Crippen molar-refractivity contribution in [2.75, 3.05) is 0 Å². The maximum atomic E-state index is 12.2. The van der Waals surface area contributed by atoms with Crippen molar-refractivity contribution in [1.82, 2.24) is 0 Å². The van der Waals surface area contributed by atoms with Gasteiger partial charge in [0.2, 0.25) is 0 Å². The first-order valence-corrected chi connectivity index (χ1v) is 6.20. The van der Waals surface area contributed by atoms with Gasteiger partial charge in [-0.15, -0.1) is 0 Å². The smallest absolute Gasteiger partial charge is 0.167 e. The third-order valence-corrected chi connectivity index (χ3v) is 3.40. The van der Waals surface area contributed by atoms with Crippen LogP contribution in [0.4, 0.5) is 0 Å². The Kier molecular flexibility index (Phi) is 2.77. The highest BCUT2D eigenvalue weighted by Gasteiger charge is 2.20. The van der Waals surface area contributed by atoms with E-state index in [4.69, 9.17) is 11.6 Å². The van der Waals surface area contributed by atoms with E-state index in [1.165, 1.54) is 0 Å². The number of hydrogen-bond acceptors (Lipinski definition) is 1. The predicted octanol–water partition coefficient (Wildman–Crippen LogP) is 2.07. The largest absolute Gasteiger partial charge is 0.294 e. The van der Waals surface area contributed by atoms with Crippen molar-refractivity contribution in [3.63, 3.8) is 0 Å². The first-order chi connectivity index (χ1) is 8.74. The molecular weight excluding hydrogens is 244 g/mol. The Bertz CT molecular complexity index is 720. The highest BCUT2D eigenvalue weighted by molar-refractivity contribution is 6.31. The molecule has 0 radical (unpaired) electrons. The maximum absolute atomic E-state index is 12.2. The number of hydrogen-bond donors (Lipinski definition) is 0. The summed E-state index contributed by atoms with van der Waals surface area (Å²) in [7, 11) is 0. The first kappa shape index (κ1) is 11.2. The summed E-state index contributed by atoms with van der Waals surface area (Å²) >= 11 is 5.98. The molecule has 2 aliphatic rings. The fourth-order valence-electron chi connectivity index (χ4n) is 2.23. The number of carbonyl (C=O) groups excluding carboxylic acids is 1. The molecule has 0 aliphatic heterocycles. The number of halogens is 1. The molecule has 0 saturated carbocycles. The van der Waals surface area contributed by atoms with Gasteiger partial charge in [0, 0.05) is 5.03 Å². The average Bonchev–Trinajstić information content (AvgIpc) is 2.36. The van der Waals surface area contributed by atoms with Gasteiger partial charge in [0.05, 0.1) is 5.92 Å². The molecule has 0 fully saturated rings. The van der Waals surface area contributed by atoms with Crippen molar-refractivity contribution in [1.29, 1.82) is 0 Å². The molecule has 1 unspecified atom stereocenters. The summed E-state index contributed by atoms with van der Waals surface area (Å²) in [6.45, 7) is 0. The van der Waals surface area contributed by atoms with E-state index in [1.54, 1.807) is 12.2 Å². The van der Waals surface area contributed by atoms with Crippen molar-refractivity contribution in [3.8, 4) is 0 Å². The van der Waals surface area contributed by atoms with Gasteiger partial charge in [-0.1, -0.05) is 54.1 Å². The summed E-state index contributed by atoms with van der Waals surface area (Å²) in [5.74, 6) is -0.115. The third-order valence-electron chi connectivity index (χ3n) is 3.17. The van der Waals surface area contributed by atoms with Gasteiger partial charge >= 0.3 is 0 Å². The van der Waals surface area contributed by atoms with Gasteiger partial charge in [0.1, 0.15) is 0 Å². The van der Waals surface area contributed by atoms with Crippen LogP contribution in [0.3, 0.4) is 0 Å². The fraction of sp³-hybridized carbons (Fsp3) is 0.0625. The van der Waals surface area contributed by atoms with E-state index in [0.29, 0.717) is 5.03 Å². The Morgan fingerprint density at radius 2 is 1.78 bits per heavy atom. The molecule has 0 aromatic heterocycles. The Balaban J connectivity index is 2.26. The molecule has 0 amide bonds. The fourth-order valence-corrected chi connectivity index (χ4v) is 2.43. The second-order valence-corrected chi connectivity index (χ2v) is 4.81. The summed E-state index contributed by atoms with van der Waals surface area (Å²) in [5, 5.41) is 2.68. The lowest BCUT2D eigenvalue weighted by molar-refractivity contribution is -0.114. The molecule has 2 aliphatic carbocycles. The van der Waals surface area contributed by atoms with E-state index in [9.17, 15) is 4.79 Å². The number of allylic oxidation sites excluding steroid dienone is 6. The standard InChI is InChI=1S/C16H11ClO/c17-14-7-8-15-13(9-14)6-5-11-3-1-2-4-12(11)10-16(15)18/h1-10,15H. The molecule has 18 heavy (non-hydrogen) atoms. The Morgan fingerprint density at radius 3 is 2.61 bits per heavy atom. The molecule has 0 heterocycles. The van der Waals surface area contributed by atoms with Crippen LogP contribution in [0.1, 0.15) is 0 Å². The van der Waals surface area contributed by atoms with Crippen molar-refractivity contribution < 1.29 is 4.79 Å². The van der Waals surface area contributed by atoms with E-state index < -0.39 is 0 Å². The van der Waals surface area contributed by atoms with Gasteiger partial charge in [0.25, 0.3) is 0 Å². The SMILES string of the molecule is O=C1C=c2ccccc2=CC=C2C=C(Cl)C=CC12. The van der Waals surface area contributed by atoms with Crippen LogP contribution in [0.25, 0.3) is 12.2 Å². The Labute approximate surface area is 110 Å². The van der Waals surface area contributed by atoms with Gasteiger partial charge in [-0.3, -0.25) is 4.79 Å². The topological polar surface area (TPSA) is 17.1 Å². The third kappa shape index (κ3) is 1.98. The van der Waals surface area contributed by atoms with E-state index in [2.05, 4.69) is 0 Å². The van der Waals surface area contributed by atoms with Gasteiger partial charge < -0.3 is 0 Å². The Morgan fingerprint density at radius 1 is 1.00 bits per heavy atom. The van der Waals surface area contributed by atoms with E-state index in [1.807, 2.05) is 48.6 Å². The molecule has 1 aromatic carbocycles. The zero-order chi connectivity index (χ0) is 12.5. The van der Waals surface area contributed by atoms with Crippen molar-refractivity contribution in [2.24, 2.45) is 5.92 Å². The zero-order valence-electron chi connectivity index (χ0n) is 9.64. The van der Waals surface area contributed by atoms with Crippen LogP contribution in [-0.4, -0.2) is 5.78 Å². The quantitative estimate of drug-likeness (QED) is 0.693. The number of benzene rings is 1. The first-order valence-electron chi connectivity index (χ1n) is 5.82. The number of Topliss-reactive ketones (excluding diaryl/α,β-unsaturated/α-hetero) is 1. The van der Waals surface area contributed by atoms with Crippen LogP contribution < -0.4 is 10.4 Å². The van der Waals surface area contributed by atoms with Crippen LogP contribution in [0.5, 0.6) is 0 Å². The van der Waals surface area contributed by atoms with Gasteiger partial charge in [-0.2, -0.15) is 0 Å². The average molecular weight is 255 g/mol. The van der Waals surface area contributed by atoms with Crippen LogP contribution in [0.2, 0.25) is 0 Å². The molecule has 1 aromatic rings. The second-order valence-electron chi connectivity index (χ2n) is 4.37. The van der Waals surface area contributed by atoms with Gasteiger partial charge in [-0.25, -0.2) is 0 Å². The summed E-state index contributed by atoms with van der Waals surface area (Å²) in [6, 6.07) is 7.86. The van der Waals surface area contributed by atoms with Gasteiger partial charge in [0.15, 0.2) is 5.78 Å². The van der Waals surface area contributed by atoms with E-state index >= 15 is 0 Å². The molecule has 0 spiro atoms. The summed E-state index contributed by atoms with van der Waals surface area (Å²) in [6.07, 6.45) is 11.2.